The van der Waals surface area contributed by atoms with Crippen molar-refractivity contribution in [3.63, 3.8) is 0 Å². The molecule has 0 amide bonds. The number of nitrogens with one attached hydrogen (secondary N) is 2. The lowest BCUT2D eigenvalue weighted by Gasteiger charge is -2.22. The maximum Gasteiger partial charge on any atom is 0.219 e. The molecule has 33 heavy (non-hydrogen) atoms. The van der Waals surface area contributed by atoms with Gasteiger partial charge in [0, 0.05) is 18.8 Å². The number of guanidine groups is 1. The molecule has 3 rings (SSSR count). The van der Waals surface area contributed by atoms with Gasteiger partial charge in [-0.1, -0.05) is 0 Å². The van der Waals surface area contributed by atoms with Crippen LogP contribution >= 0.6 is 24.0 Å². The topological polar surface area (TPSA) is 101 Å². The smallest absolute Gasteiger partial charge is 0.219 e. The van der Waals surface area contributed by atoms with Gasteiger partial charge in [-0.15, -0.1) is 24.0 Å². The third-order valence-electron chi connectivity index (χ3n) is 4.57. The molecule has 0 bridgehead atoms. The van der Waals surface area contributed by atoms with Crippen molar-refractivity contribution >= 4 is 29.9 Å². The Morgan fingerprint density at radius 3 is 2.55 bits per heavy atom. The van der Waals surface area contributed by atoms with Gasteiger partial charge in [0.15, 0.2) is 5.96 Å². The van der Waals surface area contributed by atoms with E-state index in [4.69, 9.17) is 13.9 Å². The molecule has 1 unspecified atom stereocenters. The number of nitrogens with zero attached hydrogens (tertiary/aromatic N) is 2. The number of aromatic nitrogens is 1. The van der Waals surface area contributed by atoms with Gasteiger partial charge in [0.2, 0.25) is 5.88 Å². The van der Waals surface area contributed by atoms with Crippen molar-refractivity contribution in [2.24, 2.45) is 4.99 Å². The molecule has 1 aromatic carbocycles. The van der Waals surface area contributed by atoms with Crippen LogP contribution in [0.2, 0.25) is 0 Å². The summed E-state index contributed by atoms with van der Waals surface area (Å²) in [5.74, 6) is 3.04. The number of hydrogen-bond acceptors (Lipinski definition) is 6. The summed E-state index contributed by atoms with van der Waals surface area (Å²) in [7, 11) is 0. The van der Waals surface area contributed by atoms with Crippen molar-refractivity contribution < 1.29 is 19.0 Å². The number of pyridine rings is 1. The maximum atomic E-state index is 10.6. The minimum Gasteiger partial charge on any atom is -0.494 e. The predicted octanol–water partition coefficient (Wildman–Crippen LogP) is 4.45. The Labute approximate surface area is 211 Å². The molecule has 0 saturated carbocycles. The van der Waals surface area contributed by atoms with E-state index in [0.29, 0.717) is 43.0 Å². The average Bonchev–Trinajstić information content (AvgIpc) is 3.34. The van der Waals surface area contributed by atoms with E-state index in [0.717, 1.165) is 11.3 Å². The number of benzene rings is 1. The van der Waals surface area contributed by atoms with Crippen molar-refractivity contribution in [1.82, 2.24) is 15.6 Å². The first kappa shape index (κ1) is 26.5. The molecule has 3 N–H and O–H groups in total. The zero-order chi connectivity index (χ0) is 22.8. The molecule has 0 aliphatic rings. The minimum absolute atomic E-state index is 0. The number of halogens is 1. The van der Waals surface area contributed by atoms with Crippen LogP contribution in [0.15, 0.2) is 70.4 Å². The number of rotatable bonds is 10. The second kappa shape index (κ2) is 13.0. The quantitative estimate of drug-likeness (QED) is 0.190. The molecule has 2 aromatic heterocycles. The summed E-state index contributed by atoms with van der Waals surface area (Å²) in [5.41, 5.74) is -0.217. The van der Waals surface area contributed by atoms with Gasteiger partial charge < -0.3 is 29.6 Å². The second-order valence-electron chi connectivity index (χ2n) is 7.31. The Balaban J connectivity index is 0.00000385. The highest BCUT2D eigenvalue weighted by atomic mass is 127. The van der Waals surface area contributed by atoms with Gasteiger partial charge in [0.05, 0.1) is 26.0 Å². The van der Waals surface area contributed by atoms with Crippen LogP contribution in [0, 0.1) is 0 Å². The third-order valence-corrected chi connectivity index (χ3v) is 4.57. The van der Waals surface area contributed by atoms with Crippen LogP contribution in [0.4, 0.5) is 0 Å². The van der Waals surface area contributed by atoms with E-state index in [1.807, 2.05) is 50.2 Å². The van der Waals surface area contributed by atoms with E-state index in [9.17, 15) is 5.11 Å². The Morgan fingerprint density at radius 2 is 1.88 bits per heavy atom. The lowest BCUT2D eigenvalue weighted by molar-refractivity contribution is 0.0386. The molecule has 2 heterocycles. The molecule has 9 heteroatoms. The number of furan rings is 1. The SMILES string of the molecule is CCNC(=NCc1ccnc(Oc2ccc(OCC)cc2)c1)NCC(C)(O)c1ccco1.I. The van der Waals surface area contributed by atoms with E-state index in [-0.39, 0.29) is 30.5 Å². The highest BCUT2D eigenvalue weighted by Crippen LogP contribution is 2.23. The highest BCUT2D eigenvalue weighted by Gasteiger charge is 2.26. The fourth-order valence-electron chi connectivity index (χ4n) is 2.94. The summed E-state index contributed by atoms with van der Waals surface area (Å²) < 4.78 is 16.6. The molecule has 1 atom stereocenters. The van der Waals surface area contributed by atoms with Gasteiger partial charge >= 0.3 is 0 Å². The predicted molar refractivity (Wildman–Crippen MR) is 138 cm³/mol. The first-order valence-electron chi connectivity index (χ1n) is 10.6. The number of ether oxygens (including phenoxy) is 2. The van der Waals surface area contributed by atoms with Crippen LogP contribution in [0.25, 0.3) is 0 Å². The van der Waals surface area contributed by atoms with Crippen molar-refractivity contribution in [3.05, 3.63) is 72.3 Å². The second-order valence-corrected chi connectivity index (χ2v) is 7.31. The molecular weight excluding hydrogens is 535 g/mol. The monoisotopic (exact) mass is 566 g/mol. The van der Waals surface area contributed by atoms with E-state index in [2.05, 4.69) is 20.6 Å². The van der Waals surface area contributed by atoms with Crippen molar-refractivity contribution in [2.45, 2.75) is 32.9 Å². The first-order chi connectivity index (χ1) is 15.5. The van der Waals surface area contributed by atoms with Crippen LogP contribution in [0.3, 0.4) is 0 Å². The molecule has 0 saturated heterocycles. The summed E-state index contributed by atoms with van der Waals surface area (Å²) in [4.78, 5) is 8.88. The lowest BCUT2D eigenvalue weighted by Crippen LogP contribution is -2.44. The van der Waals surface area contributed by atoms with Crippen molar-refractivity contribution in [3.8, 4) is 17.4 Å². The summed E-state index contributed by atoms with van der Waals surface area (Å²) >= 11 is 0. The average molecular weight is 566 g/mol. The molecule has 3 aromatic rings. The molecule has 0 fully saturated rings. The summed E-state index contributed by atoms with van der Waals surface area (Å²) in [5, 5.41) is 17.0. The molecule has 0 radical (unpaired) electrons. The third kappa shape index (κ3) is 8.25. The van der Waals surface area contributed by atoms with Crippen LogP contribution < -0.4 is 20.1 Å². The molecule has 0 spiro atoms. The van der Waals surface area contributed by atoms with Crippen LogP contribution in [-0.2, 0) is 12.1 Å². The van der Waals surface area contributed by atoms with E-state index in [1.54, 1.807) is 31.5 Å². The first-order valence-corrected chi connectivity index (χ1v) is 10.6. The van der Waals surface area contributed by atoms with Gasteiger partial charge in [-0.2, -0.15) is 0 Å². The highest BCUT2D eigenvalue weighted by molar-refractivity contribution is 14.0. The number of hydrogen-bond donors (Lipinski definition) is 3. The van der Waals surface area contributed by atoms with E-state index < -0.39 is 5.60 Å². The zero-order valence-electron chi connectivity index (χ0n) is 19.1. The van der Waals surface area contributed by atoms with Crippen molar-refractivity contribution in [1.29, 1.82) is 0 Å². The van der Waals surface area contributed by atoms with E-state index in [1.165, 1.54) is 0 Å². The summed E-state index contributed by atoms with van der Waals surface area (Å²) in [6.07, 6.45) is 3.23. The largest absolute Gasteiger partial charge is 0.494 e. The summed E-state index contributed by atoms with van der Waals surface area (Å²) in [6, 6.07) is 14.6. The molecule has 0 aliphatic heterocycles. The van der Waals surface area contributed by atoms with Gasteiger partial charge in [-0.3, -0.25) is 0 Å². The normalized spacial score (nSPS) is 12.9. The number of aliphatic imine (C=N–C) groups is 1. The maximum absolute atomic E-state index is 10.6. The minimum atomic E-state index is -1.16. The number of aliphatic hydroxyl groups is 1. The van der Waals surface area contributed by atoms with Gasteiger partial charge in [0.1, 0.15) is 22.9 Å². The molecule has 0 aliphatic carbocycles. The Hall–Kier alpha value is -2.79. The zero-order valence-corrected chi connectivity index (χ0v) is 21.4. The fraction of sp³-hybridized carbons (Fsp3) is 0.333. The fourth-order valence-corrected chi connectivity index (χ4v) is 2.94. The molecule has 178 valence electrons. The van der Waals surface area contributed by atoms with E-state index >= 15 is 0 Å². The van der Waals surface area contributed by atoms with Crippen LogP contribution in [-0.4, -0.2) is 35.7 Å². The Morgan fingerprint density at radius 1 is 1.12 bits per heavy atom. The molecular formula is C24H31IN4O4. The standard InChI is InChI=1S/C24H30N4O4.HI/c1-4-25-23(28-17-24(3,29)21-7-6-14-31-21)27-16-18-12-13-26-22(15-18)32-20-10-8-19(9-11-20)30-5-2;/h6-15,29H,4-5,16-17H2,1-3H3,(H2,25,27,28);1H. The van der Waals surface area contributed by atoms with Crippen LogP contribution in [0.5, 0.6) is 17.4 Å². The van der Waals surface area contributed by atoms with Gasteiger partial charge in [-0.05, 0) is 68.8 Å². The van der Waals surface area contributed by atoms with Gasteiger partial charge in [-0.25, -0.2) is 9.98 Å². The molecule has 8 nitrogen and oxygen atoms in total. The Kier molecular flexibility index (Phi) is 10.5. The van der Waals surface area contributed by atoms with Crippen molar-refractivity contribution in [2.75, 3.05) is 19.7 Å². The Bertz CT molecular complexity index is 992. The lowest BCUT2D eigenvalue weighted by atomic mass is 10.0. The van der Waals surface area contributed by atoms with Gasteiger partial charge in [0.25, 0.3) is 0 Å². The van der Waals surface area contributed by atoms with Crippen LogP contribution in [0.1, 0.15) is 32.1 Å². The summed E-state index contributed by atoms with van der Waals surface area (Å²) in [6.45, 7) is 7.59.